The van der Waals surface area contributed by atoms with Crippen LogP contribution in [0.3, 0.4) is 0 Å². The van der Waals surface area contributed by atoms with E-state index in [4.69, 9.17) is 14.3 Å². The molecular weight excluding hydrogens is 448 g/mol. The molecular formula is C27H24N2O6. The molecule has 2 aliphatic rings. The Labute approximate surface area is 202 Å². The minimum absolute atomic E-state index is 0.343. The zero-order valence-corrected chi connectivity index (χ0v) is 19.3. The number of hydrogen-bond acceptors (Lipinski definition) is 7. The second-order valence-corrected chi connectivity index (χ2v) is 8.21. The first-order chi connectivity index (χ1) is 17.0. The van der Waals surface area contributed by atoms with Gasteiger partial charge in [-0.25, -0.2) is 14.8 Å². The third-order valence-electron chi connectivity index (χ3n) is 6.21. The Balaban J connectivity index is 1.52. The highest BCUT2D eigenvalue weighted by atomic mass is 16.7. The Morgan fingerprint density at radius 1 is 0.886 bits per heavy atom. The number of para-hydroxylation sites is 1. The van der Waals surface area contributed by atoms with Crippen molar-refractivity contribution in [1.82, 2.24) is 0 Å². The van der Waals surface area contributed by atoms with E-state index in [-0.39, 0.29) is 5.91 Å². The summed E-state index contributed by atoms with van der Waals surface area (Å²) in [5.41, 5.74) is 2.32. The second kappa shape index (κ2) is 9.23. The molecule has 0 saturated carbocycles. The van der Waals surface area contributed by atoms with Gasteiger partial charge < -0.3 is 9.47 Å². The van der Waals surface area contributed by atoms with E-state index in [1.54, 1.807) is 53.6 Å². The number of ether oxygens (including phenoxy) is 2. The summed E-state index contributed by atoms with van der Waals surface area (Å²) in [6.45, 7) is 2.40. The van der Waals surface area contributed by atoms with Gasteiger partial charge in [-0.05, 0) is 61.0 Å². The highest BCUT2D eigenvalue weighted by Crippen LogP contribution is 2.47. The number of carbonyl (C=O) groups excluding carboxylic acids is 3. The van der Waals surface area contributed by atoms with E-state index in [1.807, 2.05) is 37.3 Å². The topological polar surface area (TPSA) is 85.4 Å². The lowest BCUT2D eigenvalue weighted by molar-refractivity contribution is -0.126. The van der Waals surface area contributed by atoms with E-state index in [0.717, 1.165) is 11.3 Å². The molecule has 0 aliphatic carbocycles. The van der Waals surface area contributed by atoms with Crippen molar-refractivity contribution in [3.05, 3.63) is 90.0 Å². The van der Waals surface area contributed by atoms with E-state index in [1.165, 1.54) is 12.0 Å². The fourth-order valence-electron chi connectivity index (χ4n) is 4.60. The molecule has 178 valence electrons. The maximum atomic E-state index is 13.7. The van der Waals surface area contributed by atoms with Crippen molar-refractivity contribution in [3.63, 3.8) is 0 Å². The molecule has 2 fully saturated rings. The molecule has 3 aromatic carbocycles. The third kappa shape index (κ3) is 3.91. The number of hydroxylamine groups is 1. The van der Waals surface area contributed by atoms with E-state index >= 15 is 0 Å². The monoisotopic (exact) mass is 472 g/mol. The molecule has 0 radical (unpaired) electrons. The van der Waals surface area contributed by atoms with E-state index < -0.39 is 29.9 Å². The Morgan fingerprint density at radius 2 is 1.57 bits per heavy atom. The Kier molecular flexibility index (Phi) is 5.96. The maximum Gasteiger partial charge on any atom is 0.337 e. The molecule has 0 aromatic heterocycles. The number of benzene rings is 3. The first kappa shape index (κ1) is 22.6. The van der Waals surface area contributed by atoms with E-state index in [0.29, 0.717) is 23.6 Å². The highest BCUT2D eigenvalue weighted by Gasteiger charge is 2.60. The maximum absolute atomic E-state index is 13.7. The van der Waals surface area contributed by atoms with Crippen molar-refractivity contribution in [1.29, 1.82) is 0 Å². The van der Waals surface area contributed by atoms with Crippen molar-refractivity contribution in [3.8, 4) is 5.75 Å². The first-order valence-electron chi connectivity index (χ1n) is 11.3. The van der Waals surface area contributed by atoms with Gasteiger partial charge in [-0.3, -0.25) is 14.4 Å². The van der Waals surface area contributed by atoms with E-state index in [9.17, 15) is 14.4 Å². The number of carbonyl (C=O) groups is 3. The average Bonchev–Trinajstić information content (AvgIpc) is 3.41. The highest BCUT2D eigenvalue weighted by molar-refractivity contribution is 6.24. The minimum Gasteiger partial charge on any atom is -0.494 e. The van der Waals surface area contributed by atoms with Crippen LogP contribution < -0.4 is 14.7 Å². The molecule has 2 saturated heterocycles. The van der Waals surface area contributed by atoms with Crippen LogP contribution in [0.25, 0.3) is 0 Å². The smallest absolute Gasteiger partial charge is 0.337 e. The van der Waals surface area contributed by atoms with Gasteiger partial charge in [0, 0.05) is 0 Å². The molecule has 2 amide bonds. The van der Waals surface area contributed by atoms with Crippen LogP contribution in [0.4, 0.5) is 11.4 Å². The van der Waals surface area contributed by atoms with Gasteiger partial charge in [0.2, 0.25) is 5.91 Å². The zero-order valence-electron chi connectivity index (χ0n) is 19.3. The number of anilines is 2. The molecule has 35 heavy (non-hydrogen) atoms. The molecule has 3 aromatic rings. The molecule has 8 heteroatoms. The summed E-state index contributed by atoms with van der Waals surface area (Å²) in [5, 5.41) is 1.62. The molecule has 0 spiro atoms. The summed E-state index contributed by atoms with van der Waals surface area (Å²) < 4.78 is 10.3. The van der Waals surface area contributed by atoms with Crippen LogP contribution in [0, 0.1) is 5.92 Å². The molecule has 8 nitrogen and oxygen atoms in total. The molecule has 0 N–H and O–H groups in total. The van der Waals surface area contributed by atoms with Gasteiger partial charge in [-0.1, -0.05) is 30.3 Å². The summed E-state index contributed by atoms with van der Waals surface area (Å²) >= 11 is 0. The number of amides is 2. The third-order valence-corrected chi connectivity index (χ3v) is 6.21. The van der Waals surface area contributed by atoms with Gasteiger partial charge in [0.15, 0.2) is 6.10 Å². The number of hydrogen-bond donors (Lipinski definition) is 0. The predicted molar refractivity (Wildman–Crippen MR) is 128 cm³/mol. The van der Waals surface area contributed by atoms with Crippen LogP contribution in [0.5, 0.6) is 5.75 Å². The largest absolute Gasteiger partial charge is 0.494 e. The summed E-state index contributed by atoms with van der Waals surface area (Å²) in [6, 6.07) is 22.4. The van der Waals surface area contributed by atoms with Crippen molar-refractivity contribution in [2.45, 2.75) is 19.1 Å². The Hall–Kier alpha value is -4.17. The summed E-state index contributed by atoms with van der Waals surface area (Å²) in [5.74, 6) is -1.32. The molecule has 5 rings (SSSR count). The quantitative estimate of drug-likeness (QED) is 0.397. The Morgan fingerprint density at radius 3 is 2.20 bits per heavy atom. The first-order valence-corrected chi connectivity index (χ1v) is 11.3. The number of fused-ring (bicyclic) bond motifs is 1. The molecule has 3 atom stereocenters. The number of nitrogens with zero attached hydrogens (tertiary/aromatic N) is 2. The van der Waals surface area contributed by atoms with Crippen LogP contribution in [0.15, 0.2) is 78.9 Å². The van der Waals surface area contributed by atoms with Gasteiger partial charge >= 0.3 is 5.97 Å². The SMILES string of the molecule is CCOc1ccc(N2C(=O)[C@H]3[C@H](ON(c4ccccc4)[C@H]3c3ccc(C(=O)OC)cc3)C2=O)cc1. The van der Waals surface area contributed by atoms with Crippen molar-refractivity contribution in [2.75, 3.05) is 23.7 Å². The van der Waals surface area contributed by atoms with Crippen molar-refractivity contribution >= 4 is 29.2 Å². The lowest BCUT2D eigenvalue weighted by atomic mass is 9.90. The number of imide groups is 1. The predicted octanol–water partition coefficient (Wildman–Crippen LogP) is 3.92. The fraction of sp³-hybridized carbons (Fsp3) is 0.222. The molecule has 2 aliphatic heterocycles. The molecule has 2 heterocycles. The van der Waals surface area contributed by atoms with Crippen LogP contribution >= 0.6 is 0 Å². The van der Waals surface area contributed by atoms with Crippen LogP contribution in [0.2, 0.25) is 0 Å². The lowest BCUT2D eigenvalue weighted by Gasteiger charge is -2.28. The fourth-order valence-corrected chi connectivity index (χ4v) is 4.60. The normalized spacial score (nSPS) is 21.3. The standard InChI is InChI=1S/C27H24N2O6/c1-3-34-21-15-13-19(14-16-21)28-25(30)22-23(17-9-11-18(12-10-17)27(32)33-2)29(35-24(22)26(28)31)20-7-5-4-6-8-20/h4-16,22-24H,3H2,1-2H3/t22-,23+,24+/m1/s1. The van der Waals surface area contributed by atoms with Gasteiger partial charge in [0.25, 0.3) is 5.91 Å². The van der Waals surface area contributed by atoms with Crippen LogP contribution in [-0.4, -0.2) is 37.6 Å². The van der Waals surface area contributed by atoms with Gasteiger partial charge in [0.1, 0.15) is 11.7 Å². The molecule has 0 bridgehead atoms. The van der Waals surface area contributed by atoms with E-state index in [2.05, 4.69) is 0 Å². The molecule has 0 unspecified atom stereocenters. The number of methoxy groups -OCH3 is 1. The number of rotatable bonds is 6. The van der Waals surface area contributed by atoms with Crippen molar-refractivity contribution < 1.29 is 28.7 Å². The Bertz CT molecular complexity index is 1240. The summed E-state index contributed by atoms with van der Waals surface area (Å²) in [6.07, 6.45) is -0.973. The number of esters is 1. The lowest BCUT2D eigenvalue weighted by Crippen LogP contribution is -2.37. The zero-order chi connectivity index (χ0) is 24.5. The van der Waals surface area contributed by atoms with Gasteiger partial charge in [-0.2, -0.15) is 0 Å². The summed E-state index contributed by atoms with van der Waals surface area (Å²) in [7, 11) is 1.32. The van der Waals surface area contributed by atoms with Gasteiger partial charge in [-0.15, -0.1) is 0 Å². The van der Waals surface area contributed by atoms with Crippen LogP contribution in [0.1, 0.15) is 28.9 Å². The van der Waals surface area contributed by atoms with Crippen LogP contribution in [-0.2, 0) is 19.2 Å². The van der Waals surface area contributed by atoms with Crippen molar-refractivity contribution in [2.24, 2.45) is 5.92 Å². The average molecular weight is 472 g/mol. The summed E-state index contributed by atoms with van der Waals surface area (Å²) in [4.78, 5) is 46.3. The minimum atomic E-state index is -0.973. The van der Waals surface area contributed by atoms with Gasteiger partial charge in [0.05, 0.1) is 36.7 Å². The second-order valence-electron chi connectivity index (χ2n) is 8.21.